The highest BCUT2D eigenvalue weighted by Gasteiger charge is 2.32. The second-order valence-electron chi connectivity index (χ2n) is 9.10. The van der Waals surface area contributed by atoms with E-state index in [1.54, 1.807) is 33.8 Å². The number of Topliss-reactive ketones (excluding diaryl/α,β-unsaturated/α-hetero) is 1. The zero-order valence-corrected chi connectivity index (χ0v) is 21.8. The molecule has 3 atom stereocenters. The van der Waals surface area contributed by atoms with Crippen molar-refractivity contribution >= 4 is 27.1 Å². The molecule has 0 saturated carbocycles. The summed E-state index contributed by atoms with van der Waals surface area (Å²) in [6, 6.07) is 10.9. The maximum Gasteiger partial charge on any atom is 0.243 e. The lowest BCUT2D eigenvalue weighted by atomic mass is 9.94. The van der Waals surface area contributed by atoms with Crippen molar-refractivity contribution in [3.05, 3.63) is 52.2 Å². The fourth-order valence-corrected chi connectivity index (χ4v) is 7.35. The summed E-state index contributed by atoms with van der Waals surface area (Å²) in [5.41, 5.74) is 0.428. The maximum atomic E-state index is 13.2. The van der Waals surface area contributed by atoms with E-state index in [9.17, 15) is 13.2 Å². The number of carbonyl (C=O) groups is 1. The molecule has 3 rings (SSSR count). The van der Waals surface area contributed by atoms with Crippen LogP contribution in [0.4, 0.5) is 0 Å². The number of rotatable bonds is 11. The van der Waals surface area contributed by atoms with Gasteiger partial charge in [0.2, 0.25) is 10.0 Å². The van der Waals surface area contributed by atoms with Gasteiger partial charge in [0.1, 0.15) is 0 Å². The van der Waals surface area contributed by atoms with E-state index in [1.165, 1.54) is 10.9 Å². The molecule has 1 fully saturated rings. The largest absolute Gasteiger partial charge is 0.308 e. The van der Waals surface area contributed by atoms with Crippen LogP contribution in [0.2, 0.25) is 0 Å². The normalized spacial score (nSPS) is 20.8. The molecule has 3 unspecified atom stereocenters. The van der Waals surface area contributed by atoms with Gasteiger partial charge >= 0.3 is 0 Å². The standard InChI is InChI=1S/C25H37N3O3S2/c1-5-27(6-2)23(25-11-8-12-32-25)15-26-16-24(29)21-9-7-10-22(14-21)33(30,31)28-17-19(3)13-20(4)18-28/h7-12,14,19-20,23,26H,5-6,13,15-18H2,1-4H3. The number of sulfonamides is 1. The van der Waals surface area contributed by atoms with E-state index >= 15 is 0 Å². The molecule has 1 aliphatic rings. The first-order valence-electron chi connectivity index (χ1n) is 11.9. The second kappa shape index (κ2) is 11.7. The Morgan fingerprint density at radius 3 is 2.45 bits per heavy atom. The number of piperidine rings is 1. The fourth-order valence-electron chi connectivity index (χ4n) is 4.76. The SMILES string of the molecule is CCN(CC)C(CNCC(=O)c1cccc(S(=O)(=O)N2CC(C)CC(C)C2)c1)c1cccs1. The van der Waals surface area contributed by atoms with Gasteiger partial charge in [0.15, 0.2) is 5.78 Å². The average Bonchev–Trinajstić information content (AvgIpc) is 3.32. The van der Waals surface area contributed by atoms with Gasteiger partial charge in [0.25, 0.3) is 0 Å². The molecule has 182 valence electrons. The van der Waals surface area contributed by atoms with Crippen molar-refractivity contribution in [2.75, 3.05) is 39.3 Å². The lowest BCUT2D eigenvalue weighted by Crippen LogP contribution is -2.42. The summed E-state index contributed by atoms with van der Waals surface area (Å²) < 4.78 is 28.0. The van der Waals surface area contributed by atoms with Gasteiger partial charge in [0.05, 0.1) is 17.5 Å². The van der Waals surface area contributed by atoms with Crippen LogP contribution in [0.3, 0.4) is 0 Å². The highest BCUT2D eigenvalue weighted by molar-refractivity contribution is 7.89. The van der Waals surface area contributed by atoms with Crippen molar-refractivity contribution in [2.45, 2.75) is 45.1 Å². The number of nitrogens with one attached hydrogen (secondary N) is 1. The van der Waals surface area contributed by atoms with Crippen molar-refractivity contribution in [1.82, 2.24) is 14.5 Å². The average molecular weight is 492 g/mol. The van der Waals surface area contributed by atoms with Crippen molar-refractivity contribution in [2.24, 2.45) is 11.8 Å². The summed E-state index contributed by atoms with van der Waals surface area (Å²) >= 11 is 1.73. The van der Waals surface area contributed by atoms with Gasteiger partial charge in [-0.2, -0.15) is 4.31 Å². The summed E-state index contributed by atoms with van der Waals surface area (Å²) in [5.74, 6) is 0.566. The molecule has 1 aliphatic heterocycles. The monoisotopic (exact) mass is 491 g/mol. The number of ketones is 1. The summed E-state index contributed by atoms with van der Waals surface area (Å²) in [7, 11) is -3.61. The van der Waals surface area contributed by atoms with Gasteiger partial charge < -0.3 is 5.32 Å². The van der Waals surface area contributed by atoms with Crippen LogP contribution in [0.5, 0.6) is 0 Å². The van der Waals surface area contributed by atoms with E-state index in [-0.39, 0.29) is 23.3 Å². The van der Waals surface area contributed by atoms with Crippen molar-refractivity contribution in [3.8, 4) is 0 Å². The van der Waals surface area contributed by atoms with Crippen LogP contribution in [-0.4, -0.2) is 62.7 Å². The molecular formula is C25H37N3O3S2. The third-order valence-corrected chi connectivity index (χ3v) is 9.18. The quantitative estimate of drug-likeness (QED) is 0.476. The van der Waals surface area contributed by atoms with Gasteiger partial charge in [-0.1, -0.05) is 45.9 Å². The van der Waals surface area contributed by atoms with Crippen LogP contribution in [-0.2, 0) is 10.0 Å². The van der Waals surface area contributed by atoms with Crippen LogP contribution in [0.25, 0.3) is 0 Å². The Kier molecular flexibility index (Phi) is 9.24. The van der Waals surface area contributed by atoms with Crippen LogP contribution < -0.4 is 5.32 Å². The number of benzene rings is 1. The zero-order chi connectivity index (χ0) is 24.0. The lowest BCUT2D eigenvalue weighted by Gasteiger charge is -2.34. The van der Waals surface area contributed by atoms with E-state index in [2.05, 4.69) is 55.4 Å². The number of thiophene rings is 1. The highest BCUT2D eigenvalue weighted by atomic mass is 32.2. The van der Waals surface area contributed by atoms with Crippen LogP contribution in [0.15, 0.2) is 46.7 Å². The minimum absolute atomic E-state index is 0.100. The summed E-state index contributed by atoms with van der Waals surface area (Å²) in [4.78, 5) is 16.7. The lowest BCUT2D eigenvalue weighted by molar-refractivity contribution is 0.0987. The zero-order valence-electron chi connectivity index (χ0n) is 20.2. The Balaban J connectivity index is 1.67. The van der Waals surface area contributed by atoms with E-state index < -0.39 is 10.0 Å². The Labute approximate surface area is 203 Å². The van der Waals surface area contributed by atoms with Gasteiger partial charge in [-0.05, 0) is 54.9 Å². The van der Waals surface area contributed by atoms with Gasteiger partial charge in [-0.3, -0.25) is 9.69 Å². The molecule has 0 aliphatic carbocycles. The van der Waals surface area contributed by atoms with E-state index in [0.717, 1.165) is 19.5 Å². The minimum atomic E-state index is -3.61. The van der Waals surface area contributed by atoms with Crippen LogP contribution in [0.1, 0.15) is 55.4 Å². The number of likely N-dealkylation sites (N-methyl/N-ethyl adjacent to an activating group) is 1. The molecule has 33 heavy (non-hydrogen) atoms. The van der Waals surface area contributed by atoms with Crippen LogP contribution in [0, 0.1) is 11.8 Å². The first-order valence-corrected chi connectivity index (χ1v) is 14.2. The first-order chi connectivity index (χ1) is 15.8. The van der Waals surface area contributed by atoms with Crippen molar-refractivity contribution < 1.29 is 13.2 Å². The Morgan fingerprint density at radius 2 is 1.85 bits per heavy atom. The molecule has 1 N–H and O–H groups in total. The first kappa shape index (κ1) is 26.0. The van der Waals surface area contributed by atoms with E-state index in [0.29, 0.717) is 37.0 Å². The van der Waals surface area contributed by atoms with E-state index in [1.807, 2.05) is 0 Å². The van der Waals surface area contributed by atoms with Gasteiger partial charge in [-0.25, -0.2) is 8.42 Å². The predicted octanol–water partition coefficient (Wildman–Crippen LogP) is 4.27. The highest BCUT2D eigenvalue weighted by Crippen LogP contribution is 2.27. The Morgan fingerprint density at radius 1 is 1.15 bits per heavy atom. The number of hydrogen-bond acceptors (Lipinski definition) is 6. The molecule has 1 aromatic heterocycles. The molecule has 6 nitrogen and oxygen atoms in total. The summed E-state index contributed by atoms with van der Waals surface area (Å²) in [6.45, 7) is 12.2. The minimum Gasteiger partial charge on any atom is -0.308 e. The molecule has 2 heterocycles. The Hall–Kier alpha value is -1.58. The summed E-state index contributed by atoms with van der Waals surface area (Å²) in [5, 5.41) is 5.39. The van der Waals surface area contributed by atoms with Gasteiger partial charge in [0, 0.05) is 30.1 Å². The van der Waals surface area contributed by atoms with Gasteiger partial charge in [-0.15, -0.1) is 11.3 Å². The maximum absolute atomic E-state index is 13.2. The molecule has 0 bridgehead atoms. The molecule has 0 spiro atoms. The Bertz CT molecular complexity index is 994. The predicted molar refractivity (Wildman–Crippen MR) is 135 cm³/mol. The molecule has 1 aromatic carbocycles. The number of carbonyl (C=O) groups excluding carboxylic acids is 1. The van der Waals surface area contributed by atoms with E-state index in [4.69, 9.17) is 0 Å². The van der Waals surface area contributed by atoms with Crippen molar-refractivity contribution in [1.29, 1.82) is 0 Å². The van der Waals surface area contributed by atoms with Crippen molar-refractivity contribution in [3.63, 3.8) is 0 Å². The fraction of sp³-hybridized carbons (Fsp3) is 0.560. The molecule has 2 aromatic rings. The molecule has 8 heteroatoms. The third kappa shape index (κ3) is 6.51. The molecule has 0 amide bonds. The number of nitrogens with zero attached hydrogens (tertiary/aromatic N) is 2. The number of hydrogen-bond donors (Lipinski definition) is 1. The molecular weight excluding hydrogens is 454 g/mol. The molecule has 1 saturated heterocycles. The second-order valence-corrected chi connectivity index (χ2v) is 12.0. The summed E-state index contributed by atoms with van der Waals surface area (Å²) in [6.07, 6.45) is 1.04. The topological polar surface area (TPSA) is 69.7 Å². The smallest absolute Gasteiger partial charge is 0.243 e. The van der Waals surface area contributed by atoms with Crippen LogP contribution >= 0.6 is 11.3 Å². The third-order valence-electron chi connectivity index (χ3n) is 6.38. The molecule has 0 radical (unpaired) electrons.